The van der Waals surface area contributed by atoms with Gasteiger partial charge in [-0.15, -0.1) is 11.3 Å². The molecule has 0 aliphatic carbocycles. The van der Waals surface area contributed by atoms with E-state index in [0.717, 1.165) is 3.79 Å². The van der Waals surface area contributed by atoms with E-state index in [1.807, 2.05) is 0 Å². The molecule has 0 aliphatic heterocycles. The molecule has 0 aromatic carbocycles. The first-order chi connectivity index (χ1) is 4.68. The van der Waals surface area contributed by atoms with Gasteiger partial charge in [-0.25, -0.2) is 4.79 Å². The minimum Gasteiger partial charge on any atom is -0.465 e. The topological polar surface area (TPSA) is 49.3 Å². The van der Waals surface area contributed by atoms with Crippen molar-refractivity contribution in [2.24, 2.45) is 0 Å². The maximum Gasteiger partial charge on any atom is 0.409 e. The Balaban J connectivity index is 2.67. The lowest BCUT2D eigenvalue weighted by molar-refractivity contribution is 0.210. The molecule has 0 saturated carbocycles. The van der Waals surface area contributed by atoms with Crippen molar-refractivity contribution in [3.8, 4) is 0 Å². The number of carboxylic acid groups (broad SMARTS) is 1. The zero-order valence-electron chi connectivity index (χ0n) is 4.80. The molecule has 54 valence electrons. The van der Waals surface area contributed by atoms with E-state index in [-0.39, 0.29) is 0 Å². The average Bonchev–Trinajstić information content (AvgIpc) is 2.13. The quantitative estimate of drug-likeness (QED) is 0.767. The van der Waals surface area contributed by atoms with E-state index in [4.69, 9.17) is 5.11 Å². The van der Waals surface area contributed by atoms with E-state index in [9.17, 15) is 4.79 Å². The molecule has 0 fully saturated rings. The summed E-state index contributed by atoms with van der Waals surface area (Å²) in [5, 5.41) is 12.2. The van der Waals surface area contributed by atoms with Crippen LogP contribution in [0.2, 0.25) is 0 Å². The fourth-order valence-electron chi connectivity index (χ4n) is 0.499. The van der Waals surface area contributed by atoms with Crippen LogP contribution in [-0.2, 0) is 0 Å². The van der Waals surface area contributed by atoms with E-state index in [1.165, 1.54) is 11.3 Å². The molecule has 2 N–H and O–H groups in total. The summed E-state index contributed by atoms with van der Waals surface area (Å²) in [4.78, 5) is 10.1. The average molecular weight is 222 g/mol. The van der Waals surface area contributed by atoms with Crippen LogP contribution in [0.25, 0.3) is 0 Å². The Labute approximate surface area is 69.8 Å². The summed E-state index contributed by atoms with van der Waals surface area (Å²) < 4.78 is 0.913. The van der Waals surface area contributed by atoms with Gasteiger partial charge in [0, 0.05) is 5.38 Å². The van der Waals surface area contributed by atoms with Crippen molar-refractivity contribution in [3.05, 3.63) is 15.2 Å². The Kier molecular flexibility index (Phi) is 2.29. The first-order valence-electron chi connectivity index (χ1n) is 2.42. The first kappa shape index (κ1) is 7.56. The van der Waals surface area contributed by atoms with Gasteiger partial charge in [0.1, 0.15) is 0 Å². The van der Waals surface area contributed by atoms with Gasteiger partial charge in [0.15, 0.2) is 0 Å². The minimum atomic E-state index is -1.04. The third-order valence-electron chi connectivity index (χ3n) is 0.819. The zero-order chi connectivity index (χ0) is 7.56. The molecule has 0 bridgehead atoms. The summed E-state index contributed by atoms with van der Waals surface area (Å²) in [7, 11) is 0. The molecule has 10 heavy (non-hydrogen) atoms. The molecule has 1 amide bonds. The van der Waals surface area contributed by atoms with Gasteiger partial charge in [-0.2, -0.15) is 0 Å². The number of anilines is 1. The summed E-state index contributed by atoms with van der Waals surface area (Å²) in [5.41, 5.74) is 0.601. The second kappa shape index (κ2) is 3.03. The Morgan fingerprint density at radius 3 is 2.90 bits per heavy atom. The fraction of sp³-hybridized carbons (Fsp3) is 0. The number of hydrogen-bond donors (Lipinski definition) is 2. The van der Waals surface area contributed by atoms with Gasteiger partial charge < -0.3 is 5.11 Å². The number of thiophene rings is 1. The van der Waals surface area contributed by atoms with Crippen LogP contribution >= 0.6 is 27.3 Å². The predicted octanol–water partition coefficient (Wildman–Crippen LogP) is 2.60. The molecule has 1 rings (SSSR count). The number of halogens is 1. The molecular formula is C5H4BrNO2S. The van der Waals surface area contributed by atoms with Crippen LogP contribution in [0.3, 0.4) is 0 Å². The molecule has 1 aromatic rings. The lowest BCUT2D eigenvalue weighted by Crippen LogP contribution is -2.05. The van der Waals surface area contributed by atoms with E-state index in [2.05, 4.69) is 21.2 Å². The maximum atomic E-state index is 10.1. The Morgan fingerprint density at radius 1 is 1.80 bits per heavy atom. The van der Waals surface area contributed by atoms with E-state index < -0.39 is 6.09 Å². The number of carbonyl (C=O) groups is 1. The van der Waals surface area contributed by atoms with Gasteiger partial charge in [0.25, 0.3) is 0 Å². The number of rotatable bonds is 1. The van der Waals surface area contributed by atoms with Gasteiger partial charge in [-0.3, -0.25) is 5.32 Å². The van der Waals surface area contributed by atoms with Gasteiger partial charge in [-0.05, 0) is 22.0 Å². The summed E-state index contributed by atoms with van der Waals surface area (Å²) in [6.45, 7) is 0. The normalized spacial score (nSPS) is 9.30. The van der Waals surface area contributed by atoms with Crippen molar-refractivity contribution in [1.29, 1.82) is 0 Å². The van der Waals surface area contributed by atoms with E-state index in [1.54, 1.807) is 11.4 Å². The highest BCUT2D eigenvalue weighted by Crippen LogP contribution is 2.23. The van der Waals surface area contributed by atoms with Crippen molar-refractivity contribution in [3.63, 3.8) is 0 Å². The van der Waals surface area contributed by atoms with Gasteiger partial charge in [-0.1, -0.05) is 0 Å². The fourth-order valence-corrected chi connectivity index (χ4v) is 1.59. The molecule has 0 spiro atoms. The van der Waals surface area contributed by atoms with Crippen molar-refractivity contribution in [1.82, 2.24) is 0 Å². The van der Waals surface area contributed by atoms with Crippen LogP contribution in [0.5, 0.6) is 0 Å². The van der Waals surface area contributed by atoms with Crippen LogP contribution in [0.1, 0.15) is 0 Å². The van der Waals surface area contributed by atoms with Crippen molar-refractivity contribution in [2.75, 3.05) is 5.32 Å². The summed E-state index contributed by atoms with van der Waals surface area (Å²) in [6.07, 6.45) is -1.04. The number of amides is 1. The van der Waals surface area contributed by atoms with Crippen LogP contribution in [-0.4, -0.2) is 11.2 Å². The van der Waals surface area contributed by atoms with Crippen LogP contribution in [0, 0.1) is 0 Å². The largest absolute Gasteiger partial charge is 0.465 e. The SMILES string of the molecule is O=C(O)Nc1csc(Br)c1. The number of nitrogens with one attached hydrogen (secondary N) is 1. The molecule has 0 unspecified atom stereocenters. The van der Waals surface area contributed by atoms with Crippen molar-refractivity contribution >= 4 is 39.0 Å². The minimum absolute atomic E-state index is 0.601. The van der Waals surface area contributed by atoms with Crippen LogP contribution in [0.15, 0.2) is 15.2 Å². The van der Waals surface area contributed by atoms with Gasteiger partial charge in [0.05, 0.1) is 9.47 Å². The third-order valence-corrected chi connectivity index (χ3v) is 2.32. The highest BCUT2D eigenvalue weighted by molar-refractivity contribution is 9.11. The molecule has 5 heteroatoms. The maximum absolute atomic E-state index is 10.1. The molecular weight excluding hydrogens is 218 g/mol. The highest BCUT2D eigenvalue weighted by Gasteiger charge is 1.98. The summed E-state index contributed by atoms with van der Waals surface area (Å²) in [5.74, 6) is 0. The second-order valence-electron chi connectivity index (χ2n) is 1.57. The lowest BCUT2D eigenvalue weighted by Gasteiger charge is -1.91. The molecule has 0 aliphatic rings. The smallest absolute Gasteiger partial charge is 0.409 e. The molecule has 0 radical (unpaired) electrons. The summed E-state index contributed by atoms with van der Waals surface area (Å²) >= 11 is 4.64. The van der Waals surface area contributed by atoms with Crippen molar-refractivity contribution in [2.45, 2.75) is 0 Å². The molecule has 0 atom stereocenters. The lowest BCUT2D eigenvalue weighted by atomic mass is 10.5. The van der Waals surface area contributed by atoms with Crippen molar-refractivity contribution < 1.29 is 9.90 Å². The molecule has 1 heterocycles. The van der Waals surface area contributed by atoms with Gasteiger partial charge >= 0.3 is 6.09 Å². The third kappa shape index (κ3) is 2.00. The molecule has 3 nitrogen and oxygen atoms in total. The Bertz CT molecular complexity index is 248. The zero-order valence-corrected chi connectivity index (χ0v) is 7.20. The highest BCUT2D eigenvalue weighted by atomic mass is 79.9. The Morgan fingerprint density at radius 2 is 2.50 bits per heavy atom. The number of hydrogen-bond acceptors (Lipinski definition) is 2. The summed E-state index contributed by atoms with van der Waals surface area (Å²) in [6, 6.07) is 1.71. The molecule has 0 saturated heterocycles. The predicted molar refractivity (Wildman–Crippen MR) is 43.7 cm³/mol. The van der Waals surface area contributed by atoms with Gasteiger partial charge in [0.2, 0.25) is 0 Å². The second-order valence-corrected chi connectivity index (χ2v) is 3.86. The van der Waals surface area contributed by atoms with Crippen LogP contribution in [0.4, 0.5) is 10.5 Å². The standard InChI is InChI=1S/C5H4BrNO2S/c6-4-1-3(2-10-4)7-5(8)9/h1-2,7H,(H,8,9). The monoisotopic (exact) mass is 221 g/mol. The Hall–Kier alpha value is -0.550. The first-order valence-corrected chi connectivity index (χ1v) is 4.10. The molecule has 1 aromatic heterocycles. The van der Waals surface area contributed by atoms with E-state index in [0.29, 0.717) is 5.69 Å². The van der Waals surface area contributed by atoms with Crippen LogP contribution < -0.4 is 5.32 Å². The van der Waals surface area contributed by atoms with E-state index >= 15 is 0 Å².